The van der Waals surface area contributed by atoms with Crippen LogP contribution in [0.2, 0.25) is 5.28 Å². The molecule has 3 aromatic rings. The Morgan fingerprint density at radius 1 is 1.44 bits per heavy atom. The van der Waals surface area contributed by atoms with E-state index >= 15 is 0 Å². The molecule has 1 N–H and O–H groups in total. The standard InChI is InChI=1S/C18H18BrClN4S/c1-11-14(12-6-3-2-4-7-12)16(19)24-15(11)17(22-18(20)23-24)21-10-13-8-5-9-25-13/h2-3,5,8-9,12H,4,6-7,10H2,1H3,(H,21,22,23). The topological polar surface area (TPSA) is 42.2 Å². The maximum atomic E-state index is 6.19. The summed E-state index contributed by atoms with van der Waals surface area (Å²) in [5.41, 5.74) is 3.54. The summed E-state index contributed by atoms with van der Waals surface area (Å²) >= 11 is 11.7. The van der Waals surface area contributed by atoms with Crippen molar-refractivity contribution in [3.8, 4) is 0 Å². The minimum Gasteiger partial charge on any atom is -0.363 e. The van der Waals surface area contributed by atoms with E-state index in [0.29, 0.717) is 5.92 Å². The van der Waals surface area contributed by atoms with E-state index in [0.717, 1.165) is 41.7 Å². The van der Waals surface area contributed by atoms with Gasteiger partial charge in [-0.15, -0.1) is 16.4 Å². The van der Waals surface area contributed by atoms with E-state index in [4.69, 9.17) is 11.6 Å². The highest BCUT2D eigenvalue weighted by molar-refractivity contribution is 9.10. The second-order valence-electron chi connectivity index (χ2n) is 6.23. The number of fused-ring (bicyclic) bond motifs is 1. The van der Waals surface area contributed by atoms with Gasteiger partial charge in [0.25, 0.3) is 0 Å². The molecular weight excluding hydrogens is 420 g/mol. The Morgan fingerprint density at radius 2 is 2.32 bits per heavy atom. The maximum Gasteiger partial charge on any atom is 0.243 e. The van der Waals surface area contributed by atoms with Crippen LogP contribution in [0.4, 0.5) is 5.82 Å². The normalized spacial score (nSPS) is 17.3. The second kappa shape index (κ2) is 7.09. The lowest BCUT2D eigenvalue weighted by molar-refractivity contribution is 0.611. The zero-order chi connectivity index (χ0) is 17.4. The molecule has 1 aliphatic carbocycles. The van der Waals surface area contributed by atoms with Gasteiger partial charge in [0, 0.05) is 4.88 Å². The van der Waals surface area contributed by atoms with Crippen molar-refractivity contribution >= 4 is 50.2 Å². The smallest absolute Gasteiger partial charge is 0.243 e. The van der Waals surface area contributed by atoms with E-state index in [9.17, 15) is 0 Å². The minimum absolute atomic E-state index is 0.243. The number of rotatable bonds is 4. The average molecular weight is 438 g/mol. The minimum atomic E-state index is 0.243. The summed E-state index contributed by atoms with van der Waals surface area (Å²) < 4.78 is 2.87. The van der Waals surface area contributed by atoms with Gasteiger partial charge in [-0.25, -0.2) is 4.52 Å². The van der Waals surface area contributed by atoms with E-state index in [1.807, 2.05) is 4.52 Å². The van der Waals surface area contributed by atoms with Crippen LogP contribution in [0.1, 0.15) is 41.2 Å². The molecule has 130 valence electrons. The average Bonchev–Trinajstić information content (AvgIpc) is 3.21. The van der Waals surface area contributed by atoms with Gasteiger partial charge in [0.2, 0.25) is 5.28 Å². The van der Waals surface area contributed by atoms with Gasteiger partial charge in [0.05, 0.1) is 6.54 Å². The predicted octanol–water partition coefficient (Wildman–Crippen LogP) is 5.95. The van der Waals surface area contributed by atoms with E-state index in [2.05, 4.69) is 67.9 Å². The number of nitrogens with zero attached hydrogens (tertiary/aromatic N) is 3. The number of aryl methyl sites for hydroxylation is 1. The highest BCUT2D eigenvalue weighted by Gasteiger charge is 2.25. The van der Waals surface area contributed by atoms with E-state index in [1.165, 1.54) is 16.0 Å². The molecule has 0 bridgehead atoms. The number of thiophene rings is 1. The molecular formula is C18H18BrClN4S. The highest BCUT2D eigenvalue weighted by atomic mass is 79.9. The summed E-state index contributed by atoms with van der Waals surface area (Å²) in [6, 6.07) is 4.16. The molecule has 25 heavy (non-hydrogen) atoms. The summed E-state index contributed by atoms with van der Waals surface area (Å²) in [7, 11) is 0. The quantitative estimate of drug-likeness (QED) is 0.513. The number of aromatic nitrogens is 3. The Kier molecular flexibility index (Phi) is 4.84. The summed E-state index contributed by atoms with van der Waals surface area (Å²) in [5, 5.41) is 10.2. The molecule has 0 aromatic carbocycles. The number of nitrogens with one attached hydrogen (secondary N) is 1. The number of halogens is 2. The molecule has 0 spiro atoms. The third-order valence-corrected chi connectivity index (χ3v) is 6.48. The molecule has 4 nitrogen and oxygen atoms in total. The SMILES string of the molecule is Cc1c(C2CC=CCC2)c(Br)n2nc(Cl)nc(NCc3cccs3)c12. The Hall–Kier alpha value is -1.37. The van der Waals surface area contributed by atoms with Crippen molar-refractivity contribution in [1.29, 1.82) is 0 Å². The summed E-state index contributed by atoms with van der Waals surface area (Å²) in [5.74, 6) is 1.29. The summed E-state index contributed by atoms with van der Waals surface area (Å²) in [4.78, 5) is 5.71. The first kappa shape index (κ1) is 17.1. The predicted molar refractivity (Wildman–Crippen MR) is 108 cm³/mol. The van der Waals surface area contributed by atoms with Crippen LogP contribution in [0.5, 0.6) is 0 Å². The first-order valence-electron chi connectivity index (χ1n) is 8.30. The Balaban J connectivity index is 1.79. The van der Waals surface area contributed by atoms with Crippen molar-refractivity contribution in [2.75, 3.05) is 5.32 Å². The van der Waals surface area contributed by atoms with Crippen LogP contribution >= 0.6 is 38.9 Å². The van der Waals surface area contributed by atoms with Crippen molar-refractivity contribution in [1.82, 2.24) is 14.6 Å². The Bertz CT molecular complexity index is 933. The number of anilines is 1. The summed E-state index contributed by atoms with van der Waals surface area (Å²) in [6.07, 6.45) is 7.89. The van der Waals surface area contributed by atoms with Crippen molar-refractivity contribution in [2.45, 2.75) is 38.6 Å². The van der Waals surface area contributed by atoms with Crippen molar-refractivity contribution < 1.29 is 0 Å². The van der Waals surface area contributed by atoms with Gasteiger partial charge in [0.15, 0.2) is 5.82 Å². The first-order chi connectivity index (χ1) is 12.1. The Labute approximate surface area is 164 Å². The van der Waals surface area contributed by atoms with Crippen molar-refractivity contribution in [2.24, 2.45) is 0 Å². The van der Waals surface area contributed by atoms with Crippen molar-refractivity contribution in [3.05, 3.63) is 55.6 Å². The number of hydrogen-bond acceptors (Lipinski definition) is 4. The molecule has 0 aliphatic heterocycles. The zero-order valence-electron chi connectivity index (χ0n) is 13.8. The maximum absolute atomic E-state index is 6.19. The fourth-order valence-corrected chi connectivity index (χ4v) is 5.20. The lowest BCUT2D eigenvalue weighted by Gasteiger charge is -2.18. The molecule has 1 atom stereocenters. The lowest BCUT2D eigenvalue weighted by Crippen LogP contribution is -2.05. The van der Waals surface area contributed by atoms with Crippen LogP contribution < -0.4 is 5.32 Å². The molecule has 3 heterocycles. The Morgan fingerprint density at radius 3 is 3.04 bits per heavy atom. The first-order valence-corrected chi connectivity index (χ1v) is 10.4. The molecule has 0 radical (unpaired) electrons. The number of allylic oxidation sites excluding steroid dienone is 2. The van der Waals surface area contributed by atoms with E-state index in [-0.39, 0.29) is 5.28 Å². The third kappa shape index (κ3) is 3.23. The molecule has 0 fully saturated rings. The molecule has 0 saturated heterocycles. The zero-order valence-corrected chi connectivity index (χ0v) is 17.0. The highest BCUT2D eigenvalue weighted by Crippen LogP contribution is 2.40. The molecule has 1 aliphatic rings. The fraction of sp³-hybridized carbons (Fsp3) is 0.333. The van der Waals surface area contributed by atoms with Gasteiger partial charge >= 0.3 is 0 Å². The van der Waals surface area contributed by atoms with Gasteiger partial charge < -0.3 is 5.32 Å². The molecule has 3 aromatic heterocycles. The van der Waals surface area contributed by atoms with Crippen LogP contribution in [0.25, 0.3) is 5.52 Å². The molecule has 0 saturated carbocycles. The van der Waals surface area contributed by atoms with Crippen LogP contribution in [0.15, 0.2) is 34.3 Å². The van der Waals surface area contributed by atoms with Gasteiger partial charge in [0.1, 0.15) is 10.1 Å². The van der Waals surface area contributed by atoms with Crippen LogP contribution in [0, 0.1) is 6.92 Å². The van der Waals surface area contributed by atoms with Gasteiger partial charge in [-0.3, -0.25) is 0 Å². The largest absolute Gasteiger partial charge is 0.363 e. The van der Waals surface area contributed by atoms with Gasteiger partial charge in [-0.2, -0.15) is 4.98 Å². The van der Waals surface area contributed by atoms with E-state index in [1.54, 1.807) is 11.3 Å². The van der Waals surface area contributed by atoms with Crippen LogP contribution in [-0.4, -0.2) is 14.6 Å². The van der Waals surface area contributed by atoms with Gasteiger partial charge in [-0.05, 0) is 82.2 Å². The fourth-order valence-electron chi connectivity index (χ4n) is 3.51. The molecule has 1 unspecified atom stereocenters. The van der Waals surface area contributed by atoms with Crippen molar-refractivity contribution in [3.63, 3.8) is 0 Å². The van der Waals surface area contributed by atoms with Crippen LogP contribution in [0.3, 0.4) is 0 Å². The number of hydrogen-bond donors (Lipinski definition) is 1. The summed E-state index contributed by atoms with van der Waals surface area (Å²) in [6.45, 7) is 2.88. The monoisotopic (exact) mass is 436 g/mol. The van der Waals surface area contributed by atoms with Crippen LogP contribution in [-0.2, 0) is 6.54 Å². The lowest BCUT2D eigenvalue weighted by atomic mass is 9.87. The molecule has 4 rings (SSSR count). The van der Waals surface area contributed by atoms with Gasteiger partial charge in [-0.1, -0.05) is 18.2 Å². The molecule has 0 amide bonds. The molecule has 7 heteroatoms. The third-order valence-electron chi connectivity index (χ3n) is 4.68. The second-order valence-corrected chi connectivity index (χ2v) is 8.36. The van der Waals surface area contributed by atoms with E-state index < -0.39 is 0 Å².